The van der Waals surface area contributed by atoms with E-state index in [1.54, 1.807) is 12.6 Å². The summed E-state index contributed by atoms with van der Waals surface area (Å²) >= 11 is 4.76. The summed E-state index contributed by atoms with van der Waals surface area (Å²) in [5.74, 6) is 0. The number of benzene rings is 1. The molecule has 17 heavy (non-hydrogen) atoms. The third-order valence-electron chi connectivity index (χ3n) is 2.38. The lowest BCUT2D eigenvalue weighted by molar-refractivity contribution is 0.184. The monoisotopic (exact) mass is 313 g/mol. The van der Waals surface area contributed by atoms with E-state index in [-0.39, 0.29) is 0 Å². The van der Waals surface area contributed by atoms with Crippen LogP contribution in [0, 0.1) is 0 Å². The summed E-state index contributed by atoms with van der Waals surface area (Å²) in [6, 6.07) is 7.74. The number of aliphatic hydroxyl groups excluding tert-OH is 1. The molecule has 1 atom stereocenters. The molecule has 0 saturated heterocycles. The average Bonchev–Trinajstić information content (AvgIpc) is 2.75. The number of thiazole rings is 1. The molecule has 1 aromatic carbocycles. The maximum absolute atomic E-state index is 10.3. The molecule has 5 heteroatoms. The summed E-state index contributed by atoms with van der Waals surface area (Å²) in [7, 11) is 1.66. The zero-order valence-corrected chi connectivity index (χ0v) is 11.7. The molecule has 0 aliphatic carbocycles. The van der Waals surface area contributed by atoms with E-state index < -0.39 is 6.10 Å². The Morgan fingerprint density at radius 2 is 2.35 bits per heavy atom. The van der Waals surface area contributed by atoms with E-state index in [9.17, 15) is 5.11 Å². The van der Waals surface area contributed by atoms with Gasteiger partial charge in [0, 0.05) is 7.11 Å². The molecule has 0 radical (unpaired) electrons. The highest BCUT2D eigenvalue weighted by molar-refractivity contribution is 9.10. The third kappa shape index (κ3) is 2.93. The van der Waals surface area contributed by atoms with Gasteiger partial charge in [0.25, 0.3) is 0 Å². The first-order chi connectivity index (χ1) is 8.22. The minimum atomic E-state index is -0.645. The van der Waals surface area contributed by atoms with Crippen molar-refractivity contribution in [1.82, 2.24) is 4.98 Å². The molecule has 1 heterocycles. The van der Waals surface area contributed by atoms with Crippen LogP contribution in [0.25, 0.3) is 0 Å². The summed E-state index contributed by atoms with van der Waals surface area (Å²) in [6.07, 6.45) is -0.645. The smallest absolute Gasteiger partial charge is 0.123 e. The Morgan fingerprint density at radius 3 is 3.00 bits per heavy atom. The number of rotatable bonds is 4. The zero-order chi connectivity index (χ0) is 12.3. The van der Waals surface area contributed by atoms with Gasteiger partial charge in [0.2, 0.25) is 0 Å². The van der Waals surface area contributed by atoms with Crippen LogP contribution >= 0.6 is 27.3 Å². The first-order valence-electron chi connectivity index (χ1n) is 5.07. The largest absolute Gasteiger partial charge is 0.383 e. The van der Waals surface area contributed by atoms with Gasteiger partial charge in [-0.3, -0.25) is 0 Å². The van der Waals surface area contributed by atoms with Crippen molar-refractivity contribution in [2.75, 3.05) is 7.11 Å². The molecule has 0 aliphatic heterocycles. The van der Waals surface area contributed by atoms with E-state index in [4.69, 9.17) is 4.74 Å². The minimum Gasteiger partial charge on any atom is -0.383 e. The normalized spacial score (nSPS) is 12.6. The number of hydrogen-bond acceptors (Lipinski definition) is 4. The molecule has 0 spiro atoms. The van der Waals surface area contributed by atoms with Gasteiger partial charge in [-0.25, -0.2) is 4.98 Å². The van der Waals surface area contributed by atoms with Crippen LogP contribution in [0.2, 0.25) is 0 Å². The maximum atomic E-state index is 10.3. The first kappa shape index (κ1) is 12.7. The van der Waals surface area contributed by atoms with Crippen molar-refractivity contribution in [2.24, 2.45) is 0 Å². The Kier molecular flexibility index (Phi) is 4.28. The highest BCUT2D eigenvalue weighted by atomic mass is 79.9. The van der Waals surface area contributed by atoms with Crippen molar-refractivity contribution in [3.05, 3.63) is 50.4 Å². The first-order valence-corrected chi connectivity index (χ1v) is 6.74. The molecule has 1 N–H and O–H groups in total. The second-order valence-electron chi connectivity index (χ2n) is 3.59. The predicted octanol–water partition coefficient (Wildman–Crippen LogP) is 3.13. The van der Waals surface area contributed by atoms with Crippen LogP contribution in [0.1, 0.15) is 22.1 Å². The summed E-state index contributed by atoms with van der Waals surface area (Å²) in [5.41, 5.74) is 3.61. The lowest BCUT2D eigenvalue weighted by Gasteiger charge is -2.10. The van der Waals surface area contributed by atoms with Crippen LogP contribution in [0.4, 0.5) is 0 Å². The van der Waals surface area contributed by atoms with E-state index in [0.717, 1.165) is 16.0 Å². The molecule has 1 aromatic heterocycles. The second-order valence-corrected chi connectivity index (χ2v) is 5.23. The Morgan fingerprint density at radius 1 is 1.53 bits per heavy atom. The number of aliphatic hydroxyl groups is 1. The highest BCUT2D eigenvalue weighted by Gasteiger charge is 2.16. The highest BCUT2D eigenvalue weighted by Crippen LogP contribution is 2.31. The van der Waals surface area contributed by atoms with Crippen molar-refractivity contribution in [3.8, 4) is 0 Å². The van der Waals surface area contributed by atoms with Crippen molar-refractivity contribution >= 4 is 27.3 Å². The van der Waals surface area contributed by atoms with Gasteiger partial charge in [0.15, 0.2) is 0 Å². The average molecular weight is 314 g/mol. The van der Waals surface area contributed by atoms with Crippen LogP contribution in [0.15, 0.2) is 34.4 Å². The van der Waals surface area contributed by atoms with Crippen LogP contribution in [0.5, 0.6) is 0 Å². The summed E-state index contributed by atoms with van der Waals surface area (Å²) in [6.45, 7) is 0.546. The topological polar surface area (TPSA) is 42.4 Å². The van der Waals surface area contributed by atoms with Gasteiger partial charge in [-0.2, -0.15) is 0 Å². The zero-order valence-electron chi connectivity index (χ0n) is 9.26. The quantitative estimate of drug-likeness (QED) is 0.943. The molecule has 1 unspecified atom stereocenters. The standard InChI is InChI=1S/C12H12BrNO2S/c1-16-6-8-3-2-4-9(5-8)10(15)11-12(13)14-7-17-11/h2-5,7,10,15H,6H2,1H3. The van der Waals surface area contributed by atoms with Gasteiger partial charge in [-0.15, -0.1) is 11.3 Å². The number of hydrogen-bond donors (Lipinski definition) is 1. The maximum Gasteiger partial charge on any atom is 0.123 e. The molecule has 2 aromatic rings. The molecule has 0 aliphatic rings. The number of methoxy groups -OCH3 is 1. The van der Waals surface area contributed by atoms with E-state index in [1.165, 1.54) is 11.3 Å². The minimum absolute atomic E-state index is 0.546. The molecule has 2 rings (SSSR count). The van der Waals surface area contributed by atoms with Gasteiger partial charge < -0.3 is 9.84 Å². The number of halogens is 1. The fraction of sp³-hybridized carbons (Fsp3) is 0.250. The molecule has 3 nitrogen and oxygen atoms in total. The lowest BCUT2D eigenvalue weighted by atomic mass is 10.1. The molecule has 0 bridgehead atoms. The van der Waals surface area contributed by atoms with Crippen LogP contribution in [-0.2, 0) is 11.3 Å². The van der Waals surface area contributed by atoms with Gasteiger partial charge in [0.05, 0.1) is 17.0 Å². The van der Waals surface area contributed by atoms with E-state index >= 15 is 0 Å². The summed E-state index contributed by atoms with van der Waals surface area (Å²) < 4.78 is 5.78. The lowest BCUT2D eigenvalue weighted by Crippen LogP contribution is -1.99. The third-order valence-corrected chi connectivity index (χ3v) is 4.15. The van der Waals surface area contributed by atoms with Gasteiger partial charge in [0.1, 0.15) is 10.7 Å². The second kappa shape index (κ2) is 5.73. The van der Waals surface area contributed by atoms with Crippen molar-refractivity contribution in [1.29, 1.82) is 0 Å². The molecule has 0 saturated carbocycles. The van der Waals surface area contributed by atoms with E-state index in [0.29, 0.717) is 11.2 Å². The fourth-order valence-corrected chi connectivity index (χ4v) is 3.01. The number of ether oxygens (including phenoxy) is 1. The Balaban J connectivity index is 2.28. The van der Waals surface area contributed by atoms with Crippen LogP contribution < -0.4 is 0 Å². The summed E-state index contributed by atoms with van der Waals surface area (Å²) in [5, 5.41) is 10.3. The van der Waals surface area contributed by atoms with Crippen LogP contribution in [0.3, 0.4) is 0 Å². The molecular formula is C12H12BrNO2S. The fourth-order valence-electron chi connectivity index (χ4n) is 1.59. The predicted molar refractivity (Wildman–Crippen MR) is 71.0 cm³/mol. The van der Waals surface area contributed by atoms with Crippen molar-refractivity contribution in [2.45, 2.75) is 12.7 Å². The van der Waals surface area contributed by atoms with Gasteiger partial charge in [-0.05, 0) is 27.1 Å². The molecule has 0 fully saturated rings. The van der Waals surface area contributed by atoms with Gasteiger partial charge in [-0.1, -0.05) is 24.3 Å². The summed E-state index contributed by atoms with van der Waals surface area (Å²) in [4.78, 5) is 4.89. The Bertz CT molecular complexity index is 501. The Labute approximate surface area is 112 Å². The van der Waals surface area contributed by atoms with Gasteiger partial charge >= 0.3 is 0 Å². The molecule has 90 valence electrons. The SMILES string of the molecule is COCc1cccc(C(O)c2scnc2Br)c1. The number of nitrogens with zero attached hydrogens (tertiary/aromatic N) is 1. The van der Waals surface area contributed by atoms with E-state index in [2.05, 4.69) is 20.9 Å². The van der Waals surface area contributed by atoms with Crippen LogP contribution in [-0.4, -0.2) is 17.2 Å². The Hall–Kier alpha value is -0.750. The van der Waals surface area contributed by atoms with Crippen molar-refractivity contribution in [3.63, 3.8) is 0 Å². The number of aromatic nitrogens is 1. The van der Waals surface area contributed by atoms with E-state index in [1.807, 2.05) is 24.3 Å². The molecular weight excluding hydrogens is 302 g/mol. The van der Waals surface area contributed by atoms with Crippen molar-refractivity contribution < 1.29 is 9.84 Å². The molecule has 0 amide bonds.